The Morgan fingerprint density at radius 1 is 1.00 bits per heavy atom. The first-order chi connectivity index (χ1) is 15.1. The zero-order valence-electron chi connectivity index (χ0n) is 18.0. The summed E-state index contributed by atoms with van der Waals surface area (Å²) in [7, 11) is 0. The molecular formula is C25H31ClFN3O. The first-order valence-corrected chi connectivity index (χ1v) is 11.7. The molecule has 0 radical (unpaired) electrons. The molecule has 166 valence electrons. The molecule has 31 heavy (non-hydrogen) atoms. The molecule has 2 saturated heterocycles. The van der Waals surface area contributed by atoms with Crippen LogP contribution in [0.4, 0.5) is 4.39 Å². The summed E-state index contributed by atoms with van der Waals surface area (Å²) in [5.41, 5.74) is 2.95. The number of nitrogens with zero attached hydrogens (tertiary/aromatic N) is 2. The van der Waals surface area contributed by atoms with Crippen molar-refractivity contribution < 1.29 is 9.18 Å². The maximum Gasteiger partial charge on any atom is 0.224 e. The third-order valence-corrected chi connectivity index (χ3v) is 6.74. The molecule has 2 aliphatic rings. The number of halogens is 2. The van der Waals surface area contributed by atoms with E-state index in [1.54, 1.807) is 12.1 Å². The zero-order valence-corrected chi connectivity index (χ0v) is 18.7. The summed E-state index contributed by atoms with van der Waals surface area (Å²) in [5.74, 6) is -0.283. The second kappa shape index (κ2) is 10.6. The van der Waals surface area contributed by atoms with Crippen molar-refractivity contribution in [2.75, 3.05) is 26.2 Å². The fourth-order valence-corrected chi connectivity index (χ4v) is 4.91. The van der Waals surface area contributed by atoms with Gasteiger partial charge in [-0.2, -0.15) is 0 Å². The van der Waals surface area contributed by atoms with Gasteiger partial charge in [-0.1, -0.05) is 41.9 Å². The molecular weight excluding hydrogens is 413 g/mol. The number of piperidine rings is 1. The van der Waals surface area contributed by atoms with E-state index >= 15 is 0 Å². The quantitative estimate of drug-likeness (QED) is 0.679. The highest BCUT2D eigenvalue weighted by Gasteiger charge is 2.26. The van der Waals surface area contributed by atoms with Crippen molar-refractivity contribution in [2.45, 2.75) is 45.3 Å². The van der Waals surface area contributed by atoms with Gasteiger partial charge in [-0.15, -0.1) is 0 Å². The Balaban J connectivity index is 1.29. The molecule has 4 rings (SSSR count). The van der Waals surface area contributed by atoms with Crippen LogP contribution in [-0.4, -0.2) is 41.9 Å². The van der Waals surface area contributed by atoms with E-state index in [0.717, 1.165) is 31.5 Å². The second-order valence-electron chi connectivity index (χ2n) is 8.80. The Hall–Kier alpha value is -1.95. The van der Waals surface area contributed by atoms with Crippen molar-refractivity contribution in [3.8, 4) is 0 Å². The molecule has 1 amide bonds. The van der Waals surface area contributed by atoms with Crippen molar-refractivity contribution in [3.63, 3.8) is 0 Å². The summed E-state index contributed by atoms with van der Waals surface area (Å²) in [6.07, 6.45) is 4.37. The molecule has 0 saturated carbocycles. The summed E-state index contributed by atoms with van der Waals surface area (Å²) in [6.45, 7) is 5.81. The van der Waals surface area contributed by atoms with Crippen molar-refractivity contribution in [2.24, 2.45) is 5.92 Å². The number of carbonyl (C=O) groups excluding carboxylic acids is 1. The van der Waals surface area contributed by atoms with E-state index < -0.39 is 0 Å². The number of nitrogens with one attached hydrogen (secondary N) is 1. The summed E-state index contributed by atoms with van der Waals surface area (Å²) >= 11 is 6.18. The summed E-state index contributed by atoms with van der Waals surface area (Å²) in [5, 5.41) is 3.56. The van der Waals surface area contributed by atoms with Gasteiger partial charge in [0.2, 0.25) is 5.91 Å². The Morgan fingerprint density at radius 2 is 1.74 bits per heavy atom. The van der Waals surface area contributed by atoms with Crippen LogP contribution in [0.1, 0.15) is 42.4 Å². The van der Waals surface area contributed by atoms with Gasteiger partial charge in [0, 0.05) is 36.8 Å². The van der Waals surface area contributed by atoms with Crippen LogP contribution in [0.2, 0.25) is 5.02 Å². The molecule has 0 aromatic heterocycles. The number of carbonyl (C=O) groups is 1. The normalized spacial score (nSPS) is 20.1. The van der Waals surface area contributed by atoms with Crippen molar-refractivity contribution in [1.29, 1.82) is 0 Å². The standard InChI is InChI=1S/C25H31ClFN3O/c26-23-9-4-10-24(27)22(23)18-30-13-5-8-21(17-30)25(31)28-15-19-6-3-7-20(14-19)16-29-11-1-2-12-29/h3-4,6-7,9-10,14,21H,1-2,5,8,11-13,15-18H2,(H,28,31). The van der Waals surface area contributed by atoms with E-state index in [2.05, 4.69) is 39.4 Å². The Labute approximate surface area is 189 Å². The fourth-order valence-electron chi connectivity index (χ4n) is 4.69. The van der Waals surface area contributed by atoms with E-state index in [9.17, 15) is 9.18 Å². The fraction of sp³-hybridized carbons (Fsp3) is 0.480. The molecule has 2 heterocycles. The molecule has 2 aliphatic heterocycles. The monoisotopic (exact) mass is 443 g/mol. The SMILES string of the molecule is O=C(NCc1cccc(CN2CCCC2)c1)C1CCCN(Cc2c(F)cccc2Cl)C1. The van der Waals surface area contributed by atoms with Gasteiger partial charge in [-0.25, -0.2) is 4.39 Å². The maximum atomic E-state index is 14.1. The Morgan fingerprint density at radius 3 is 2.55 bits per heavy atom. The Bertz CT molecular complexity index is 880. The number of benzene rings is 2. The lowest BCUT2D eigenvalue weighted by molar-refractivity contribution is -0.126. The molecule has 0 spiro atoms. The molecule has 1 unspecified atom stereocenters. The third kappa shape index (κ3) is 6.06. The molecule has 4 nitrogen and oxygen atoms in total. The van der Waals surface area contributed by atoms with Crippen molar-refractivity contribution >= 4 is 17.5 Å². The number of amides is 1. The lowest BCUT2D eigenvalue weighted by Crippen LogP contribution is -2.42. The highest BCUT2D eigenvalue weighted by molar-refractivity contribution is 6.31. The highest BCUT2D eigenvalue weighted by Crippen LogP contribution is 2.24. The van der Waals surface area contributed by atoms with Gasteiger partial charge in [-0.05, 0) is 68.6 Å². The molecule has 1 atom stereocenters. The average molecular weight is 444 g/mol. The van der Waals surface area contributed by atoms with Gasteiger partial charge >= 0.3 is 0 Å². The molecule has 0 bridgehead atoms. The molecule has 0 aliphatic carbocycles. The van der Waals surface area contributed by atoms with Gasteiger partial charge in [0.05, 0.1) is 5.92 Å². The van der Waals surface area contributed by atoms with E-state index in [1.165, 1.54) is 37.6 Å². The predicted molar refractivity (Wildman–Crippen MR) is 122 cm³/mol. The topological polar surface area (TPSA) is 35.6 Å². The Kier molecular flexibility index (Phi) is 7.59. The van der Waals surface area contributed by atoms with Crippen molar-refractivity contribution in [3.05, 3.63) is 70.0 Å². The van der Waals surface area contributed by atoms with Crippen LogP contribution in [0, 0.1) is 11.7 Å². The van der Waals surface area contributed by atoms with E-state index in [0.29, 0.717) is 30.2 Å². The van der Waals surface area contributed by atoms with Gasteiger partial charge in [0.15, 0.2) is 0 Å². The third-order valence-electron chi connectivity index (χ3n) is 6.38. The highest BCUT2D eigenvalue weighted by atomic mass is 35.5. The molecule has 2 fully saturated rings. The first kappa shape index (κ1) is 22.3. The minimum Gasteiger partial charge on any atom is -0.352 e. The van der Waals surface area contributed by atoms with Crippen LogP contribution < -0.4 is 5.32 Å². The molecule has 2 aromatic rings. The summed E-state index contributed by atoms with van der Waals surface area (Å²) < 4.78 is 14.1. The number of hydrogen-bond acceptors (Lipinski definition) is 3. The van der Waals surface area contributed by atoms with E-state index in [4.69, 9.17) is 11.6 Å². The van der Waals surface area contributed by atoms with Gasteiger partial charge < -0.3 is 5.32 Å². The van der Waals surface area contributed by atoms with Crippen LogP contribution in [0.25, 0.3) is 0 Å². The van der Waals surface area contributed by atoms with E-state index in [1.807, 2.05) is 0 Å². The zero-order chi connectivity index (χ0) is 21.6. The van der Waals surface area contributed by atoms with Crippen LogP contribution >= 0.6 is 11.6 Å². The lowest BCUT2D eigenvalue weighted by atomic mass is 9.96. The van der Waals surface area contributed by atoms with Gasteiger partial charge in [0.25, 0.3) is 0 Å². The average Bonchev–Trinajstić information content (AvgIpc) is 3.28. The summed E-state index contributed by atoms with van der Waals surface area (Å²) in [6, 6.07) is 13.3. The predicted octanol–water partition coefficient (Wildman–Crippen LogP) is 4.60. The van der Waals surface area contributed by atoms with Crippen LogP contribution in [0.3, 0.4) is 0 Å². The smallest absolute Gasteiger partial charge is 0.224 e. The summed E-state index contributed by atoms with van der Waals surface area (Å²) in [4.78, 5) is 17.4. The van der Waals surface area contributed by atoms with Crippen molar-refractivity contribution in [1.82, 2.24) is 15.1 Å². The minimum atomic E-state index is -0.284. The molecule has 1 N–H and O–H groups in total. The largest absolute Gasteiger partial charge is 0.352 e. The number of rotatable bonds is 7. The van der Waals surface area contributed by atoms with Gasteiger partial charge in [-0.3, -0.25) is 14.6 Å². The van der Waals surface area contributed by atoms with Crippen LogP contribution in [0.5, 0.6) is 0 Å². The first-order valence-electron chi connectivity index (χ1n) is 11.3. The number of hydrogen-bond donors (Lipinski definition) is 1. The minimum absolute atomic E-state index is 0.0768. The van der Waals surface area contributed by atoms with Gasteiger partial charge in [0.1, 0.15) is 5.82 Å². The maximum absolute atomic E-state index is 14.1. The number of likely N-dealkylation sites (tertiary alicyclic amines) is 2. The molecule has 2 aromatic carbocycles. The molecule has 6 heteroatoms. The van der Waals surface area contributed by atoms with Crippen LogP contribution in [0.15, 0.2) is 42.5 Å². The lowest BCUT2D eigenvalue weighted by Gasteiger charge is -2.32. The second-order valence-corrected chi connectivity index (χ2v) is 9.20. The van der Waals surface area contributed by atoms with E-state index in [-0.39, 0.29) is 17.6 Å². The van der Waals surface area contributed by atoms with Crippen LogP contribution in [-0.2, 0) is 24.4 Å².